The lowest BCUT2D eigenvalue weighted by Crippen LogP contribution is -2.48. The molecule has 33 heavy (non-hydrogen) atoms. The highest BCUT2D eigenvalue weighted by molar-refractivity contribution is 7.71. The Morgan fingerprint density at radius 1 is 1.36 bits per heavy atom. The Hall–Kier alpha value is -2.82. The molecule has 1 unspecified atom stereocenters. The van der Waals surface area contributed by atoms with Crippen LogP contribution in [0, 0.1) is 4.77 Å². The molecule has 0 saturated carbocycles. The Bertz CT molecular complexity index is 1240. The normalized spacial score (nSPS) is 19.6. The molecule has 1 aromatic carbocycles. The second-order valence-electron chi connectivity index (χ2n) is 9.03. The van der Waals surface area contributed by atoms with Crippen LogP contribution < -0.4 is 15.5 Å². The standard InChI is InChI=1S/C23H26N6O2S2/c1-23(2)12-17-19(20(30)28-23)33-22(26-17)29-8-9-31-13-16(29)11-14-4-3-5-15(10-14)25-18-6-7-24-21(32)27-18/h3-7,10,16H,8-9,11-13H2,1-2H3,(H,28,30)(H2,24,25,27,32). The highest BCUT2D eigenvalue weighted by atomic mass is 32.1. The molecular formula is C23H26N6O2S2. The van der Waals surface area contributed by atoms with Crippen molar-refractivity contribution >= 4 is 46.1 Å². The second kappa shape index (κ2) is 8.85. The van der Waals surface area contributed by atoms with Gasteiger partial charge in [-0.1, -0.05) is 23.5 Å². The Labute approximate surface area is 201 Å². The summed E-state index contributed by atoms with van der Waals surface area (Å²) in [7, 11) is 0. The number of nitrogens with zero attached hydrogens (tertiary/aromatic N) is 3. The number of carbonyl (C=O) groups is 1. The molecule has 1 saturated heterocycles. The Morgan fingerprint density at radius 2 is 2.24 bits per heavy atom. The minimum atomic E-state index is -0.272. The van der Waals surface area contributed by atoms with Gasteiger partial charge in [0.1, 0.15) is 10.7 Å². The number of fused-ring (bicyclic) bond motifs is 1. The quantitative estimate of drug-likeness (QED) is 0.476. The number of thiazole rings is 1. The topological polar surface area (TPSA) is 95.2 Å². The molecule has 1 atom stereocenters. The summed E-state index contributed by atoms with van der Waals surface area (Å²) >= 11 is 6.59. The fourth-order valence-corrected chi connectivity index (χ4v) is 5.55. The maximum atomic E-state index is 12.6. The van der Waals surface area contributed by atoms with Crippen molar-refractivity contribution in [3.8, 4) is 0 Å². The van der Waals surface area contributed by atoms with Crippen LogP contribution in [0.5, 0.6) is 0 Å². The van der Waals surface area contributed by atoms with Crippen LogP contribution in [-0.4, -0.2) is 52.2 Å². The van der Waals surface area contributed by atoms with Gasteiger partial charge in [-0.3, -0.25) is 4.79 Å². The van der Waals surface area contributed by atoms with Gasteiger partial charge in [-0.2, -0.15) is 0 Å². The average Bonchev–Trinajstić information content (AvgIpc) is 3.17. The molecular weight excluding hydrogens is 456 g/mol. The monoisotopic (exact) mass is 482 g/mol. The summed E-state index contributed by atoms with van der Waals surface area (Å²) in [5.41, 5.74) is 2.78. The van der Waals surface area contributed by atoms with E-state index in [1.54, 1.807) is 6.20 Å². The highest BCUT2D eigenvalue weighted by Gasteiger charge is 2.35. The van der Waals surface area contributed by atoms with E-state index in [2.05, 4.69) is 37.6 Å². The van der Waals surface area contributed by atoms with Gasteiger partial charge in [0.25, 0.3) is 5.91 Å². The van der Waals surface area contributed by atoms with E-state index in [1.165, 1.54) is 16.9 Å². The van der Waals surface area contributed by atoms with Crippen LogP contribution in [0.2, 0.25) is 0 Å². The van der Waals surface area contributed by atoms with E-state index < -0.39 is 0 Å². The van der Waals surface area contributed by atoms with E-state index >= 15 is 0 Å². The second-order valence-corrected chi connectivity index (χ2v) is 10.4. The van der Waals surface area contributed by atoms with Gasteiger partial charge in [-0.25, -0.2) is 9.97 Å². The van der Waals surface area contributed by atoms with Crippen LogP contribution in [-0.2, 0) is 17.6 Å². The zero-order chi connectivity index (χ0) is 23.0. The van der Waals surface area contributed by atoms with Crippen molar-refractivity contribution in [1.29, 1.82) is 0 Å². The number of benzene rings is 1. The number of aromatic nitrogens is 3. The van der Waals surface area contributed by atoms with E-state index in [0.29, 0.717) is 18.0 Å². The van der Waals surface area contributed by atoms with Gasteiger partial charge >= 0.3 is 0 Å². The molecule has 4 heterocycles. The number of aromatic amines is 1. The molecule has 0 spiro atoms. The van der Waals surface area contributed by atoms with E-state index in [1.807, 2.05) is 32.0 Å². The van der Waals surface area contributed by atoms with Crippen LogP contribution >= 0.6 is 23.6 Å². The summed E-state index contributed by atoms with van der Waals surface area (Å²) in [6.45, 7) is 6.10. The molecule has 1 amide bonds. The number of morpholine rings is 1. The predicted molar refractivity (Wildman–Crippen MR) is 132 cm³/mol. The Morgan fingerprint density at radius 3 is 3.09 bits per heavy atom. The molecule has 2 aliphatic rings. The van der Waals surface area contributed by atoms with Crippen LogP contribution in [0.25, 0.3) is 0 Å². The van der Waals surface area contributed by atoms with Gasteiger partial charge in [-0.15, -0.1) is 0 Å². The summed E-state index contributed by atoms with van der Waals surface area (Å²) in [6, 6.07) is 10.3. The van der Waals surface area contributed by atoms with Gasteiger partial charge in [0, 0.05) is 30.4 Å². The summed E-state index contributed by atoms with van der Waals surface area (Å²) in [5, 5.41) is 7.33. The molecule has 2 aliphatic heterocycles. The minimum absolute atomic E-state index is 0.0243. The number of amides is 1. The number of carbonyl (C=O) groups excluding carboxylic acids is 1. The summed E-state index contributed by atoms with van der Waals surface area (Å²) in [6.07, 6.45) is 3.23. The highest BCUT2D eigenvalue weighted by Crippen LogP contribution is 2.34. The van der Waals surface area contributed by atoms with Crippen LogP contribution in [0.3, 0.4) is 0 Å². The van der Waals surface area contributed by atoms with Crippen LogP contribution in [0.15, 0.2) is 36.5 Å². The molecule has 5 rings (SSSR count). The van der Waals surface area contributed by atoms with E-state index in [-0.39, 0.29) is 17.5 Å². The summed E-state index contributed by atoms with van der Waals surface area (Å²) in [5.74, 6) is 0.771. The zero-order valence-electron chi connectivity index (χ0n) is 18.6. The lowest BCUT2D eigenvalue weighted by atomic mass is 9.94. The number of hydrogen-bond donors (Lipinski definition) is 3. The first-order chi connectivity index (χ1) is 15.9. The lowest BCUT2D eigenvalue weighted by molar-refractivity contribution is 0.0900. The molecule has 3 aromatic rings. The smallest absolute Gasteiger partial charge is 0.263 e. The molecule has 8 nitrogen and oxygen atoms in total. The van der Waals surface area contributed by atoms with Crippen molar-refractivity contribution in [1.82, 2.24) is 20.3 Å². The van der Waals surface area contributed by atoms with Crippen molar-refractivity contribution in [2.45, 2.75) is 38.3 Å². The SMILES string of the molecule is CC1(C)Cc2nc(N3CCOCC3Cc3cccc(Nc4ccnc(=S)[nH]4)c3)sc2C(=O)N1. The number of nitrogens with one attached hydrogen (secondary N) is 3. The third-order valence-electron chi connectivity index (χ3n) is 5.78. The summed E-state index contributed by atoms with van der Waals surface area (Å²) < 4.78 is 6.26. The first kappa shape index (κ1) is 22.0. The third kappa shape index (κ3) is 4.92. The zero-order valence-corrected chi connectivity index (χ0v) is 20.2. The first-order valence-corrected chi connectivity index (χ1v) is 12.2. The predicted octanol–water partition coefficient (Wildman–Crippen LogP) is 3.85. The molecule has 0 aliphatic carbocycles. The molecule has 1 fully saturated rings. The lowest BCUT2D eigenvalue weighted by Gasteiger charge is -2.35. The number of ether oxygens (including phenoxy) is 1. The minimum Gasteiger partial charge on any atom is -0.377 e. The number of H-pyrrole nitrogens is 1. The van der Waals surface area contributed by atoms with Crippen LogP contribution in [0.4, 0.5) is 16.6 Å². The largest absolute Gasteiger partial charge is 0.377 e. The maximum absolute atomic E-state index is 12.6. The molecule has 172 valence electrons. The maximum Gasteiger partial charge on any atom is 0.263 e. The fraction of sp³-hybridized carbons (Fsp3) is 0.391. The van der Waals surface area contributed by atoms with Crippen molar-refractivity contribution < 1.29 is 9.53 Å². The molecule has 2 aromatic heterocycles. The molecule has 0 bridgehead atoms. The van der Waals surface area contributed by atoms with E-state index in [9.17, 15) is 4.79 Å². The van der Waals surface area contributed by atoms with Gasteiger partial charge < -0.3 is 25.3 Å². The van der Waals surface area contributed by atoms with Gasteiger partial charge in [-0.05, 0) is 56.2 Å². The van der Waals surface area contributed by atoms with E-state index in [4.69, 9.17) is 21.9 Å². The Kier molecular flexibility index (Phi) is 5.90. The third-order valence-corrected chi connectivity index (χ3v) is 7.12. The van der Waals surface area contributed by atoms with Gasteiger partial charge in [0.15, 0.2) is 9.90 Å². The molecule has 3 N–H and O–H groups in total. The van der Waals surface area contributed by atoms with E-state index in [0.717, 1.165) is 46.6 Å². The number of hydrogen-bond acceptors (Lipinski definition) is 8. The van der Waals surface area contributed by atoms with Crippen LogP contribution in [0.1, 0.15) is 34.8 Å². The van der Waals surface area contributed by atoms with Gasteiger partial charge in [0.05, 0.1) is 24.9 Å². The van der Waals surface area contributed by atoms with Crippen molar-refractivity contribution in [3.63, 3.8) is 0 Å². The average molecular weight is 483 g/mol. The first-order valence-electron chi connectivity index (χ1n) is 10.9. The Balaban J connectivity index is 1.35. The number of rotatable bonds is 5. The molecule has 0 radical (unpaired) electrons. The fourth-order valence-electron chi connectivity index (χ4n) is 4.31. The van der Waals surface area contributed by atoms with Gasteiger partial charge in [0.2, 0.25) is 0 Å². The number of anilines is 3. The van der Waals surface area contributed by atoms with Crippen molar-refractivity contribution in [2.75, 3.05) is 30.0 Å². The summed E-state index contributed by atoms with van der Waals surface area (Å²) in [4.78, 5) is 27.6. The van der Waals surface area contributed by atoms with Crippen molar-refractivity contribution in [2.24, 2.45) is 0 Å². The van der Waals surface area contributed by atoms with Crippen molar-refractivity contribution in [3.05, 3.63) is 57.4 Å². The molecule has 10 heteroatoms.